The van der Waals surface area contributed by atoms with Crippen molar-refractivity contribution in [1.82, 2.24) is 9.80 Å². The van der Waals surface area contributed by atoms with Crippen LogP contribution in [0.2, 0.25) is 0 Å². The Hall–Kier alpha value is -0.900. The van der Waals surface area contributed by atoms with E-state index >= 15 is 0 Å². The van der Waals surface area contributed by atoms with Gasteiger partial charge in [-0.3, -0.25) is 4.90 Å². The van der Waals surface area contributed by atoms with Crippen molar-refractivity contribution in [2.75, 3.05) is 32.7 Å². The average Bonchev–Trinajstić information content (AvgIpc) is 3.03. The average molecular weight is 287 g/mol. The number of hydrogen-bond acceptors (Lipinski definition) is 3. The Morgan fingerprint density at radius 1 is 0.857 bits per heavy atom. The van der Waals surface area contributed by atoms with E-state index in [2.05, 4.69) is 34.1 Å². The Morgan fingerprint density at radius 3 is 2.10 bits per heavy atom. The molecule has 2 heterocycles. The highest BCUT2D eigenvalue weighted by atomic mass is 15.2. The molecule has 2 aliphatic rings. The SMILES string of the molecule is NCc1ccc(CN2CCC(CN3CCCC3)CC2)cc1. The van der Waals surface area contributed by atoms with Crippen LogP contribution >= 0.6 is 0 Å². The molecule has 2 saturated heterocycles. The molecule has 1 aromatic rings. The molecule has 2 N–H and O–H groups in total. The lowest BCUT2D eigenvalue weighted by Crippen LogP contribution is -2.37. The summed E-state index contributed by atoms with van der Waals surface area (Å²) in [4.78, 5) is 5.28. The molecule has 2 fully saturated rings. The van der Waals surface area contributed by atoms with E-state index in [-0.39, 0.29) is 0 Å². The van der Waals surface area contributed by atoms with E-state index in [1.807, 2.05) is 0 Å². The van der Waals surface area contributed by atoms with Crippen molar-refractivity contribution in [1.29, 1.82) is 0 Å². The first-order valence-electron chi connectivity index (χ1n) is 8.56. The highest BCUT2D eigenvalue weighted by Crippen LogP contribution is 2.22. The van der Waals surface area contributed by atoms with E-state index in [1.54, 1.807) is 0 Å². The molecule has 0 bridgehead atoms. The normalized spacial score (nSPS) is 22.0. The largest absolute Gasteiger partial charge is 0.326 e. The lowest BCUT2D eigenvalue weighted by Gasteiger charge is -2.33. The zero-order valence-corrected chi connectivity index (χ0v) is 13.1. The molecule has 0 radical (unpaired) electrons. The molecular formula is C18H29N3. The van der Waals surface area contributed by atoms with Crippen LogP contribution in [0.3, 0.4) is 0 Å². The highest BCUT2D eigenvalue weighted by Gasteiger charge is 2.22. The Balaban J connectivity index is 1.42. The minimum absolute atomic E-state index is 0.641. The van der Waals surface area contributed by atoms with E-state index in [0.717, 1.165) is 12.5 Å². The third kappa shape index (κ3) is 4.29. The number of benzene rings is 1. The second kappa shape index (κ2) is 7.39. The summed E-state index contributed by atoms with van der Waals surface area (Å²) in [5, 5.41) is 0. The number of likely N-dealkylation sites (tertiary alicyclic amines) is 2. The van der Waals surface area contributed by atoms with Gasteiger partial charge in [0.15, 0.2) is 0 Å². The second-order valence-corrected chi connectivity index (χ2v) is 6.75. The van der Waals surface area contributed by atoms with Gasteiger partial charge in [0, 0.05) is 19.6 Å². The number of nitrogens with zero attached hydrogens (tertiary/aromatic N) is 2. The molecule has 0 unspecified atom stereocenters. The van der Waals surface area contributed by atoms with E-state index < -0.39 is 0 Å². The second-order valence-electron chi connectivity index (χ2n) is 6.75. The van der Waals surface area contributed by atoms with Crippen LogP contribution in [-0.2, 0) is 13.1 Å². The third-order valence-electron chi connectivity index (χ3n) is 5.09. The maximum atomic E-state index is 5.65. The first kappa shape index (κ1) is 15.0. The summed E-state index contributed by atoms with van der Waals surface area (Å²) >= 11 is 0. The predicted octanol–water partition coefficient (Wildman–Crippen LogP) is 2.45. The summed E-state index contributed by atoms with van der Waals surface area (Å²) in [5.41, 5.74) is 8.30. The van der Waals surface area contributed by atoms with Crippen LogP contribution in [0, 0.1) is 5.92 Å². The van der Waals surface area contributed by atoms with Gasteiger partial charge in [-0.1, -0.05) is 24.3 Å². The van der Waals surface area contributed by atoms with Crippen LogP contribution < -0.4 is 5.73 Å². The van der Waals surface area contributed by atoms with Gasteiger partial charge in [0.25, 0.3) is 0 Å². The molecule has 0 saturated carbocycles. The zero-order chi connectivity index (χ0) is 14.5. The van der Waals surface area contributed by atoms with Gasteiger partial charge in [0.2, 0.25) is 0 Å². The van der Waals surface area contributed by atoms with Gasteiger partial charge in [0.05, 0.1) is 0 Å². The maximum absolute atomic E-state index is 5.65. The summed E-state index contributed by atoms with van der Waals surface area (Å²) in [7, 11) is 0. The van der Waals surface area contributed by atoms with E-state index in [1.165, 1.54) is 69.5 Å². The lowest BCUT2D eigenvalue weighted by atomic mass is 9.96. The minimum Gasteiger partial charge on any atom is -0.326 e. The van der Waals surface area contributed by atoms with E-state index in [0.29, 0.717) is 6.54 Å². The number of nitrogens with two attached hydrogens (primary N) is 1. The smallest absolute Gasteiger partial charge is 0.0233 e. The van der Waals surface area contributed by atoms with Crippen molar-refractivity contribution >= 4 is 0 Å². The fourth-order valence-corrected chi connectivity index (χ4v) is 3.70. The van der Waals surface area contributed by atoms with Crippen LogP contribution in [-0.4, -0.2) is 42.5 Å². The quantitative estimate of drug-likeness (QED) is 0.903. The predicted molar refractivity (Wildman–Crippen MR) is 88.0 cm³/mol. The highest BCUT2D eigenvalue weighted by molar-refractivity contribution is 5.22. The van der Waals surface area contributed by atoms with E-state index in [9.17, 15) is 0 Å². The molecule has 0 aliphatic carbocycles. The van der Waals surface area contributed by atoms with Crippen molar-refractivity contribution in [2.45, 2.75) is 38.8 Å². The molecular weight excluding hydrogens is 258 g/mol. The van der Waals surface area contributed by atoms with Gasteiger partial charge >= 0.3 is 0 Å². The van der Waals surface area contributed by atoms with Crippen molar-refractivity contribution in [2.24, 2.45) is 11.7 Å². The Morgan fingerprint density at radius 2 is 1.48 bits per heavy atom. The summed E-state index contributed by atoms with van der Waals surface area (Å²) in [6, 6.07) is 8.79. The van der Waals surface area contributed by atoms with Gasteiger partial charge < -0.3 is 10.6 Å². The van der Waals surface area contributed by atoms with Crippen LogP contribution in [0.25, 0.3) is 0 Å². The molecule has 0 amide bonds. The van der Waals surface area contributed by atoms with Crippen LogP contribution in [0.5, 0.6) is 0 Å². The molecule has 21 heavy (non-hydrogen) atoms. The number of hydrogen-bond donors (Lipinski definition) is 1. The van der Waals surface area contributed by atoms with Crippen LogP contribution in [0.4, 0.5) is 0 Å². The molecule has 116 valence electrons. The van der Waals surface area contributed by atoms with Crippen molar-refractivity contribution in [3.63, 3.8) is 0 Å². The summed E-state index contributed by atoms with van der Waals surface area (Å²) < 4.78 is 0. The first-order chi connectivity index (χ1) is 10.3. The molecule has 3 rings (SSSR count). The van der Waals surface area contributed by atoms with Crippen LogP contribution in [0.15, 0.2) is 24.3 Å². The molecule has 3 heteroatoms. The molecule has 0 spiro atoms. The summed E-state index contributed by atoms with van der Waals surface area (Å²) in [6.45, 7) is 8.29. The molecule has 0 aromatic heterocycles. The third-order valence-corrected chi connectivity index (χ3v) is 5.09. The van der Waals surface area contributed by atoms with Gasteiger partial charge in [-0.2, -0.15) is 0 Å². The molecule has 1 aromatic carbocycles. The Labute approximate surface area is 129 Å². The monoisotopic (exact) mass is 287 g/mol. The summed E-state index contributed by atoms with van der Waals surface area (Å²) in [6.07, 6.45) is 5.57. The lowest BCUT2D eigenvalue weighted by molar-refractivity contribution is 0.149. The number of piperidine rings is 1. The van der Waals surface area contributed by atoms with Gasteiger partial charge in [-0.15, -0.1) is 0 Å². The van der Waals surface area contributed by atoms with Crippen molar-refractivity contribution in [3.05, 3.63) is 35.4 Å². The molecule has 3 nitrogen and oxygen atoms in total. The Kier molecular flexibility index (Phi) is 5.28. The van der Waals surface area contributed by atoms with Crippen molar-refractivity contribution in [3.8, 4) is 0 Å². The fourth-order valence-electron chi connectivity index (χ4n) is 3.70. The van der Waals surface area contributed by atoms with Crippen molar-refractivity contribution < 1.29 is 0 Å². The summed E-state index contributed by atoms with van der Waals surface area (Å²) in [5.74, 6) is 0.930. The van der Waals surface area contributed by atoms with Gasteiger partial charge in [0.1, 0.15) is 0 Å². The minimum atomic E-state index is 0.641. The standard InChI is InChI=1S/C18H29N3/c19-13-16-3-5-17(6-4-16)14-21-11-7-18(8-12-21)15-20-9-1-2-10-20/h3-6,18H,1-2,7-15,19H2. The fraction of sp³-hybridized carbons (Fsp3) is 0.667. The maximum Gasteiger partial charge on any atom is 0.0233 e. The number of rotatable bonds is 5. The first-order valence-corrected chi connectivity index (χ1v) is 8.56. The van der Waals surface area contributed by atoms with Crippen LogP contribution in [0.1, 0.15) is 36.8 Å². The Bertz CT molecular complexity index is 415. The van der Waals surface area contributed by atoms with Gasteiger partial charge in [-0.25, -0.2) is 0 Å². The topological polar surface area (TPSA) is 32.5 Å². The zero-order valence-electron chi connectivity index (χ0n) is 13.1. The molecule has 0 atom stereocenters. The molecule has 2 aliphatic heterocycles. The van der Waals surface area contributed by atoms with E-state index in [4.69, 9.17) is 5.73 Å². The van der Waals surface area contributed by atoms with Gasteiger partial charge in [-0.05, 0) is 68.9 Å².